The topological polar surface area (TPSA) is 76.6 Å². The van der Waals surface area contributed by atoms with E-state index in [-0.39, 0.29) is 5.91 Å². The molecule has 0 bridgehead atoms. The minimum Gasteiger partial charge on any atom is -0.354 e. The van der Waals surface area contributed by atoms with Crippen LogP contribution in [0.1, 0.15) is 27.0 Å². The Hall–Kier alpha value is -4.98. The molecule has 0 atom stereocenters. The molecule has 7 heteroatoms. The summed E-state index contributed by atoms with van der Waals surface area (Å²) in [6.45, 7) is 13.6. The summed E-state index contributed by atoms with van der Waals surface area (Å²) in [6, 6.07) is 26.8. The zero-order valence-corrected chi connectivity index (χ0v) is 21.8. The molecule has 0 radical (unpaired) electrons. The Balaban J connectivity index is 1.18. The van der Waals surface area contributed by atoms with Crippen LogP contribution in [0, 0.1) is 24.8 Å². The number of aryl methyl sites for hydroxylation is 1. The number of pyridine rings is 1. The van der Waals surface area contributed by atoms with Crippen molar-refractivity contribution in [2.75, 3.05) is 36.4 Å². The summed E-state index contributed by atoms with van der Waals surface area (Å²) in [5, 5.41) is 11.9. The largest absolute Gasteiger partial charge is 0.354 e. The highest BCUT2D eigenvalue weighted by Gasteiger charge is 2.18. The van der Waals surface area contributed by atoms with E-state index in [4.69, 9.17) is 11.8 Å². The molecule has 2 heterocycles. The second kappa shape index (κ2) is 11.6. The minimum atomic E-state index is -0.194. The average molecular weight is 513 g/mol. The SMILES string of the molecule is [C-]#[N+]c1ccc(-c2cc(C(=O)Nc3ccc(N4CCN(Cc5ccc(C#N)cc5)CC4)nc3)ccc2C)cc1. The Kier molecular flexibility index (Phi) is 7.63. The van der Waals surface area contributed by atoms with Crippen LogP contribution in [0.25, 0.3) is 16.0 Å². The first-order valence-electron chi connectivity index (χ1n) is 12.8. The average Bonchev–Trinajstić information content (AvgIpc) is 2.99. The van der Waals surface area contributed by atoms with Crippen LogP contribution in [0.2, 0.25) is 0 Å². The van der Waals surface area contributed by atoms with Gasteiger partial charge < -0.3 is 10.2 Å². The third-order valence-corrected chi connectivity index (χ3v) is 7.00. The number of anilines is 2. The molecule has 3 aromatic carbocycles. The number of aromatic nitrogens is 1. The van der Waals surface area contributed by atoms with E-state index in [0.717, 1.165) is 55.2 Å². The predicted molar refractivity (Wildman–Crippen MR) is 154 cm³/mol. The molecule has 192 valence electrons. The zero-order chi connectivity index (χ0) is 27.2. The van der Waals surface area contributed by atoms with Crippen LogP contribution in [0.15, 0.2) is 85.1 Å². The number of hydrogen-bond acceptors (Lipinski definition) is 5. The number of amides is 1. The van der Waals surface area contributed by atoms with Gasteiger partial charge in [-0.05, 0) is 65.6 Å². The number of hydrogen-bond donors (Lipinski definition) is 1. The van der Waals surface area contributed by atoms with Crippen LogP contribution in [0.3, 0.4) is 0 Å². The zero-order valence-electron chi connectivity index (χ0n) is 21.8. The molecule has 39 heavy (non-hydrogen) atoms. The standard InChI is InChI=1S/C32H28N6O/c1-23-3-8-27(19-30(23)26-9-11-28(34-2)12-10-26)32(39)36-29-13-14-31(35-21-29)38-17-15-37(16-18-38)22-25-6-4-24(20-33)5-7-25/h3-14,19,21H,15-18,22H2,1H3,(H,36,39). The first-order chi connectivity index (χ1) is 19.0. The lowest BCUT2D eigenvalue weighted by atomic mass is 9.97. The molecule has 1 aliphatic heterocycles. The van der Waals surface area contributed by atoms with Gasteiger partial charge in [-0.3, -0.25) is 9.69 Å². The second-order valence-electron chi connectivity index (χ2n) is 9.62. The Bertz CT molecular complexity index is 1540. The fraction of sp³-hybridized carbons (Fsp3) is 0.188. The molecule has 0 aliphatic carbocycles. The molecule has 1 saturated heterocycles. The van der Waals surface area contributed by atoms with Crippen molar-refractivity contribution in [3.05, 3.63) is 119 Å². The molecule has 4 aromatic rings. The van der Waals surface area contributed by atoms with Gasteiger partial charge in [-0.15, -0.1) is 0 Å². The van der Waals surface area contributed by atoms with Crippen molar-refractivity contribution in [3.63, 3.8) is 0 Å². The maximum Gasteiger partial charge on any atom is 0.255 e. The van der Waals surface area contributed by atoms with Gasteiger partial charge in [-0.25, -0.2) is 9.83 Å². The maximum atomic E-state index is 13.0. The van der Waals surface area contributed by atoms with E-state index in [0.29, 0.717) is 22.5 Å². The second-order valence-corrected chi connectivity index (χ2v) is 9.62. The summed E-state index contributed by atoms with van der Waals surface area (Å²) in [6.07, 6.45) is 1.70. The molecule has 1 aliphatic rings. The number of nitrogens with zero attached hydrogens (tertiary/aromatic N) is 5. The smallest absolute Gasteiger partial charge is 0.255 e. The monoisotopic (exact) mass is 512 g/mol. The fourth-order valence-corrected chi connectivity index (χ4v) is 4.72. The van der Waals surface area contributed by atoms with Crippen LogP contribution in [0.4, 0.5) is 17.2 Å². The number of piperazine rings is 1. The van der Waals surface area contributed by atoms with Crippen molar-refractivity contribution in [2.24, 2.45) is 0 Å². The highest BCUT2D eigenvalue weighted by molar-refractivity contribution is 6.05. The van der Waals surface area contributed by atoms with E-state index >= 15 is 0 Å². The van der Waals surface area contributed by atoms with Crippen LogP contribution in [-0.4, -0.2) is 42.0 Å². The van der Waals surface area contributed by atoms with Gasteiger partial charge in [0.1, 0.15) is 5.82 Å². The quantitative estimate of drug-likeness (QED) is 0.318. The van der Waals surface area contributed by atoms with Crippen LogP contribution in [-0.2, 0) is 6.54 Å². The van der Waals surface area contributed by atoms with Crippen LogP contribution >= 0.6 is 0 Å². The van der Waals surface area contributed by atoms with Crippen molar-refractivity contribution >= 4 is 23.1 Å². The lowest BCUT2D eigenvalue weighted by molar-refractivity contribution is 0.102. The molecule has 7 nitrogen and oxygen atoms in total. The first kappa shape index (κ1) is 25.7. The Morgan fingerprint density at radius 3 is 2.38 bits per heavy atom. The predicted octanol–water partition coefficient (Wildman–Crippen LogP) is 6.05. The van der Waals surface area contributed by atoms with E-state index in [1.54, 1.807) is 18.3 Å². The Morgan fingerprint density at radius 2 is 1.74 bits per heavy atom. The lowest BCUT2D eigenvalue weighted by Crippen LogP contribution is -2.46. The third kappa shape index (κ3) is 6.13. The molecule has 1 N–H and O–H groups in total. The van der Waals surface area contributed by atoms with Crippen LogP contribution < -0.4 is 10.2 Å². The highest BCUT2D eigenvalue weighted by atomic mass is 16.1. The van der Waals surface area contributed by atoms with E-state index in [9.17, 15) is 4.79 Å². The van der Waals surface area contributed by atoms with Gasteiger partial charge in [0.2, 0.25) is 0 Å². The number of nitrogens with one attached hydrogen (secondary N) is 1. The summed E-state index contributed by atoms with van der Waals surface area (Å²) < 4.78 is 0. The number of carbonyl (C=O) groups excluding carboxylic acids is 1. The van der Waals surface area contributed by atoms with E-state index in [2.05, 4.69) is 31.0 Å². The third-order valence-electron chi connectivity index (χ3n) is 7.00. The van der Waals surface area contributed by atoms with Gasteiger partial charge in [0, 0.05) is 38.3 Å². The van der Waals surface area contributed by atoms with Crippen molar-refractivity contribution in [3.8, 4) is 17.2 Å². The van der Waals surface area contributed by atoms with Gasteiger partial charge in [0.05, 0.1) is 30.1 Å². The van der Waals surface area contributed by atoms with E-state index in [1.807, 2.05) is 73.7 Å². The summed E-state index contributed by atoms with van der Waals surface area (Å²) in [7, 11) is 0. The molecule has 5 rings (SSSR count). The van der Waals surface area contributed by atoms with Crippen LogP contribution in [0.5, 0.6) is 0 Å². The molecular weight excluding hydrogens is 484 g/mol. The summed E-state index contributed by atoms with van der Waals surface area (Å²) in [5.41, 5.74) is 6.68. The lowest BCUT2D eigenvalue weighted by Gasteiger charge is -2.35. The van der Waals surface area contributed by atoms with E-state index < -0.39 is 0 Å². The van der Waals surface area contributed by atoms with Crippen molar-refractivity contribution in [1.82, 2.24) is 9.88 Å². The van der Waals surface area contributed by atoms with E-state index in [1.165, 1.54) is 5.56 Å². The van der Waals surface area contributed by atoms with Crippen molar-refractivity contribution in [2.45, 2.75) is 13.5 Å². The Morgan fingerprint density at radius 1 is 1.00 bits per heavy atom. The van der Waals surface area contributed by atoms with Gasteiger partial charge in [0.15, 0.2) is 5.69 Å². The van der Waals surface area contributed by atoms with Gasteiger partial charge in [-0.2, -0.15) is 5.26 Å². The molecule has 1 fully saturated rings. The molecule has 0 unspecified atom stereocenters. The number of nitriles is 1. The first-order valence-corrected chi connectivity index (χ1v) is 12.8. The summed E-state index contributed by atoms with van der Waals surface area (Å²) in [5.74, 6) is 0.700. The number of benzene rings is 3. The molecule has 0 saturated carbocycles. The fourth-order valence-electron chi connectivity index (χ4n) is 4.72. The summed E-state index contributed by atoms with van der Waals surface area (Å²) in [4.78, 5) is 25.7. The highest BCUT2D eigenvalue weighted by Crippen LogP contribution is 2.27. The molecular formula is C32H28N6O. The number of carbonyl (C=O) groups is 1. The van der Waals surface area contributed by atoms with Crippen molar-refractivity contribution in [1.29, 1.82) is 5.26 Å². The normalized spacial score (nSPS) is 13.4. The minimum absolute atomic E-state index is 0.194. The summed E-state index contributed by atoms with van der Waals surface area (Å²) >= 11 is 0. The molecule has 1 aromatic heterocycles. The van der Waals surface area contributed by atoms with Gasteiger partial charge in [-0.1, -0.05) is 42.5 Å². The van der Waals surface area contributed by atoms with Gasteiger partial charge >= 0.3 is 0 Å². The maximum absolute atomic E-state index is 13.0. The number of rotatable bonds is 6. The van der Waals surface area contributed by atoms with Crippen molar-refractivity contribution < 1.29 is 4.79 Å². The van der Waals surface area contributed by atoms with Gasteiger partial charge in [0.25, 0.3) is 5.91 Å². The molecule has 1 amide bonds. The molecule has 0 spiro atoms. The Labute approximate surface area is 228 Å².